The van der Waals surface area contributed by atoms with Crippen LogP contribution in [0, 0.1) is 0 Å². The van der Waals surface area contributed by atoms with E-state index in [1.807, 2.05) is 4.90 Å². The predicted octanol–water partition coefficient (Wildman–Crippen LogP) is 3.70. The van der Waals surface area contributed by atoms with Crippen LogP contribution in [0.2, 0.25) is 0 Å². The second-order valence-electron chi connectivity index (χ2n) is 6.97. The van der Waals surface area contributed by atoms with Crippen LogP contribution in [0.3, 0.4) is 0 Å². The molecular weight excluding hydrogens is 471 g/mol. The minimum atomic E-state index is 0. The van der Waals surface area contributed by atoms with Gasteiger partial charge in [0.15, 0.2) is 5.96 Å². The molecule has 1 aliphatic heterocycles. The molecule has 2 N–H and O–H groups in total. The number of hydrogen-bond donors (Lipinski definition) is 2. The lowest BCUT2D eigenvalue weighted by molar-refractivity contribution is -0.131. The molecule has 3 rings (SSSR count). The van der Waals surface area contributed by atoms with Gasteiger partial charge in [-0.05, 0) is 55.5 Å². The van der Waals surface area contributed by atoms with Crippen LogP contribution in [0.5, 0.6) is 0 Å². The van der Waals surface area contributed by atoms with E-state index in [4.69, 9.17) is 0 Å². The zero-order valence-electron chi connectivity index (χ0n) is 16.1. The number of guanidine groups is 1. The number of amides is 1. The molecule has 0 saturated heterocycles. The minimum absolute atomic E-state index is 0. The molecule has 27 heavy (non-hydrogen) atoms. The van der Waals surface area contributed by atoms with Crippen LogP contribution in [0.15, 0.2) is 28.1 Å². The molecular formula is C20H31IN4OS. The summed E-state index contributed by atoms with van der Waals surface area (Å²) in [4.78, 5) is 20.1. The van der Waals surface area contributed by atoms with Gasteiger partial charge in [0.05, 0.1) is 0 Å². The number of carbonyl (C=O) groups excluding carboxylic acids is 1. The van der Waals surface area contributed by atoms with Gasteiger partial charge in [-0.1, -0.05) is 11.6 Å². The van der Waals surface area contributed by atoms with Crippen LogP contribution in [0.25, 0.3) is 0 Å². The van der Waals surface area contributed by atoms with Gasteiger partial charge in [0.2, 0.25) is 5.91 Å². The van der Waals surface area contributed by atoms with Crippen molar-refractivity contribution in [3.8, 4) is 0 Å². The van der Waals surface area contributed by atoms with E-state index in [-0.39, 0.29) is 29.9 Å². The van der Waals surface area contributed by atoms with E-state index in [2.05, 4.69) is 33.1 Å². The van der Waals surface area contributed by atoms with E-state index >= 15 is 0 Å². The quantitative estimate of drug-likeness (QED) is 0.270. The summed E-state index contributed by atoms with van der Waals surface area (Å²) in [5.41, 5.74) is 2.88. The van der Waals surface area contributed by atoms with Gasteiger partial charge >= 0.3 is 0 Å². The van der Waals surface area contributed by atoms with Gasteiger partial charge in [0, 0.05) is 44.5 Å². The molecule has 2 heterocycles. The first-order chi connectivity index (χ1) is 12.8. The number of hydrogen-bond acceptors (Lipinski definition) is 3. The maximum atomic E-state index is 12.4. The Bertz CT molecular complexity index is 671. The average molecular weight is 502 g/mol. The van der Waals surface area contributed by atoms with Crippen molar-refractivity contribution in [2.45, 2.75) is 51.5 Å². The third kappa shape index (κ3) is 6.78. The van der Waals surface area contributed by atoms with Crippen LogP contribution >= 0.6 is 35.3 Å². The second-order valence-corrected chi connectivity index (χ2v) is 7.97. The topological polar surface area (TPSA) is 56.7 Å². The molecule has 1 amide bonds. The summed E-state index contributed by atoms with van der Waals surface area (Å²) in [6.07, 6.45) is 10.1. The average Bonchev–Trinajstić information content (AvgIpc) is 3.15. The molecule has 0 unspecified atom stereocenters. The molecule has 2 aliphatic rings. The fraction of sp³-hybridized carbons (Fsp3) is 0.600. The van der Waals surface area contributed by atoms with E-state index in [1.165, 1.54) is 36.1 Å². The monoisotopic (exact) mass is 502 g/mol. The van der Waals surface area contributed by atoms with E-state index in [9.17, 15) is 4.79 Å². The molecule has 1 aromatic rings. The van der Waals surface area contributed by atoms with Crippen molar-refractivity contribution in [2.24, 2.45) is 4.99 Å². The molecule has 150 valence electrons. The zero-order valence-corrected chi connectivity index (χ0v) is 19.3. The lowest BCUT2D eigenvalue weighted by Crippen LogP contribution is -2.41. The van der Waals surface area contributed by atoms with Crippen LogP contribution in [0.1, 0.15) is 49.0 Å². The Labute approximate surface area is 183 Å². The smallest absolute Gasteiger partial charge is 0.224 e. The summed E-state index contributed by atoms with van der Waals surface area (Å²) in [6.45, 7) is 3.12. The largest absolute Gasteiger partial charge is 0.356 e. The molecule has 0 radical (unpaired) electrons. The van der Waals surface area contributed by atoms with Crippen LogP contribution in [-0.2, 0) is 17.8 Å². The Balaban J connectivity index is 0.00000261. The third-order valence-electron chi connectivity index (χ3n) is 5.14. The van der Waals surface area contributed by atoms with Crippen molar-refractivity contribution >= 4 is 47.2 Å². The van der Waals surface area contributed by atoms with Gasteiger partial charge in [-0.25, -0.2) is 0 Å². The summed E-state index contributed by atoms with van der Waals surface area (Å²) in [5, 5.41) is 8.74. The molecule has 0 spiro atoms. The maximum absolute atomic E-state index is 12.4. The van der Waals surface area contributed by atoms with Crippen molar-refractivity contribution in [1.29, 1.82) is 0 Å². The molecule has 1 aromatic heterocycles. The predicted molar refractivity (Wildman–Crippen MR) is 124 cm³/mol. The first-order valence-corrected chi connectivity index (χ1v) is 10.6. The molecule has 0 fully saturated rings. The van der Waals surface area contributed by atoms with Gasteiger partial charge in [0.1, 0.15) is 0 Å². The Morgan fingerprint density at radius 1 is 1.26 bits per heavy atom. The number of fused-ring (bicyclic) bond motifs is 1. The molecule has 0 aromatic carbocycles. The fourth-order valence-electron chi connectivity index (χ4n) is 3.60. The van der Waals surface area contributed by atoms with Crippen molar-refractivity contribution in [3.05, 3.63) is 33.5 Å². The van der Waals surface area contributed by atoms with Gasteiger partial charge in [0.25, 0.3) is 0 Å². The summed E-state index contributed by atoms with van der Waals surface area (Å²) < 4.78 is 0. The molecule has 5 nitrogen and oxygen atoms in total. The van der Waals surface area contributed by atoms with E-state index < -0.39 is 0 Å². The lowest BCUT2D eigenvalue weighted by atomic mass is 9.97. The summed E-state index contributed by atoms with van der Waals surface area (Å²) in [6, 6.07) is 2.14. The third-order valence-corrected chi connectivity index (χ3v) is 6.16. The first kappa shape index (κ1) is 22.2. The van der Waals surface area contributed by atoms with Crippen molar-refractivity contribution in [3.63, 3.8) is 0 Å². The van der Waals surface area contributed by atoms with E-state index in [0.29, 0.717) is 13.0 Å². The highest BCUT2D eigenvalue weighted by Crippen LogP contribution is 2.24. The molecule has 1 aliphatic carbocycles. The molecule has 7 heteroatoms. The molecule has 0 atom stereocenters. The second kappa shape index (κ2) is 11.7. The standard InChI is InChI=1S/C20H30N4OS.HI/c1-21-20(22-11-7-16-5-3-2-4-6-16)23-12-8-19(25)24-13-9-18-17(15-24)10-14-26-18;/h5,10,14H,2-4,6-9,11-13,15H2,1H3,(H2,21,22,23);1H. The Morgan fingerprint density at radius 3 is 2.89 bits per heavy atom. The number of rotatable bonds is 6. The number of nitrogens with one attached hydrogen (secondary N) is 2. The van der Waals surface area contributed by atoms with Gasteiger partial charge in [-0.3, -0.25) is 9.79 Å². The van der Waals surface area contributed by atoms with Gasteiger partial charge in [-0.2, -0.15) is 0 Å². The van der Waals surface area contributed by atoms with E-state index in [1.54, 1.807) is 24.0 Å². The highest BCUT2D eigenvalue weighted by molar-refractivity contribution is 14.0. The SMILES string of the molecule is CN=C(NCCC(=O)N1CCc2sccc2C1)NCCC1=CCCCC1.I. The van der Waals surface area contributed by atoms with E-state index in [0.717, 1.165) is 38.4 Å². The Morgan fingerprint density at radius 2 is 2.11 bits per heavy atom. The first-order valence-electron chi connectivity index (χ1n) is 9.71. The highest BCUT2D eigenvalue weighted by atomic mass is 127. The van der Waals surface area contributed by atoms with Crippen LogP contribution in [-0.4, -0.2) is 43.4 Å². The summed E-state index contributed by atoms with van der Waals surface area (Å²) in [5.74, 6) is 1.00. The number of halogens is 1. The fourth-order valence-corrected chi connectivity index (χ4v) is 4.49. The molecule has 0 saturated carbocycles. The van der Waals surface area contributed by atoms with Crippen molar-refractivity contribution in [1.82, 2.24) is 15.5 Å². The number of aliphatic imine (C=N–C) groups is 1. The summed E-state index contributed by atoms with van der Waals surface area (Å²) in [7, 11) is 1.78. The van der Waals surface area contributed by atoms with Gasteiger partial charge < -0.3 is 15.5 Å². The van der Waals surface area contributed by atoms with Gasteiger partial charge in [-0.15, -0.1) is 35.3 Å². The highest BCUT2D eigenvalue weighted by Gasteiger charge is 2.20. The summed E-state index contributed by atoms with van der Waals surface area (Å²) >= 11 is 1.80. The maximum Gasteiger partial charge on any atom is 0.224 e. The normalized spacial score (nSPS) is 16.9. The lowest BCUT2D eigenvalue weighted by Gasteiger charge is -2.27. The van der Waals surface area contributed by atoms with Crippen molar-refractivity contribution in [2.75, 3.05) is 26.7 Å². The molecule has 0 bridgehead atoms. The zero-order chi connectivity index (χ0) is 18.2. The minimum Gasteiger partial charge on any atom is -0.356 e. The number of carbonyl (C=O) groups is 1. The Hall–Kier alpha value is -1.09. The number of nitrogens with zero attached hydrogens (tertiary/aromatic N) is 2. The Kier molecular flexibility index (Phi) is 9.61. The van der Waals surface area contributed by atoms with Crippen LogP contribution < -0.4 is 10.6 Å². The van der Waals surface area contributed by atoms with Crippen LogP contribution in [0.4, 0.5) is 0 Å². The number of allylic oxidation sites excluding steroid dienone is 1. The number of thiophene rings is 1. The van der Waals surface area contributed by atoms with Crippen molar-refractivity contribution < 1.29 is 4.79 Å².